The minimum Gasteiger partial charge on any atom is -0.245 e. The Labute approximate surface area is 104 Å². The molecule has 1 aromatic rings. The lowest BCUT2D eigenvalue weighted by atomic mass is 9.99. The molecule has 1 saturated carbocycles. The average Bonchev–Trinajstić information content (AvgIpc) is 2.67. The molecule has 0 aliphatic heterocycles. The van der Waals surface area contributed by atoms with Gasteiger partial charge in [0.1, 0.15) is 0 Å². The van der Waals surface area contributed by atoms with Crippen LogP contribution in [0.25, 0.3) is 0 Å². The van der Waals surface area contributed by atoms with Crippen molar-refractivity contribution in [2.24, 2.45) is 0 Å². The quantitative estimate of drug-likeness (QED) is 0.594. The van der Waals surface area contributed by atoms with E-state index in [4.69, 9.17) is 4.98 Å². The number of hydrogen-bond donors (Lipinski definition) is 0. The molecule has 0 spiro atoms. The van der Waals surface area contributed by atoms with Crippen LogP contribution in [0.4, 0.5) is 0 Å². The van der Waals surface area contributed by atoms with Crippen LogP contribution in [0.15, 0.2) is 17.2 Å². The van der Waals surface area contributed by atoms with Crippen LogP contribution in [-0.2, 0) is 4.32 Å². The lowest BCUT2D eigenvalue weighted by Gasteiger charge is -2.23. The van der Waals surface area contributed by atoms with Gasteiger partial charge in [0.2, 0.25) is 0 Å². The number of pyridine rings is 1. The Kier molecular flexibility index (Phi) is 3.41. The van der Waals surface area contributed by atoms with Gasteiger partial charge in [-0.2, -0.15) is 0 Å². The molecule has 1 fully saturated rings. The third-order valence-electron chi connectivity index (χ3n) is 3.10. The molecule has 2 rings (SSSR count). The van der Waals surface area contributed by atoms with Crippen molar-refractivity contribution in [3.63, 3.8) is 0 Å². The highest BCUT2D eigenvalue weighted by Gasteiger charge is 2.35. The highest BCUT2D eigenvalue weighted by molar-refractivity contribution is 9.09. The van der Waals surface area contributed by atoms with Gasteiger partial charge in [-0.05, 0) is 37.7 Å². The summed E-state index contributed by atoms with van der Waals surface area (Å²) in [6.45, 7) is 2.16. The fourth-order valence-electron chi connectivity index (χ4n) is 2.25. The molecule has 82 valence electrons. The van der Waals surface area contributed by atoms with E-state index in [9.17, 15) is 0 Å². The topological polar surface area (TPSA) is 12.9 Å². The lowest BCUT2D eigenvalue weighted by Crippen LogP contribution is -2.16. The van der Waals surface area contributed by atoms with Gasteiger partial charge in [-0.15, -0.1) is 11.8 Å². The largest absolute Gasteiger partial charge is 0.245 e. The number of halogens is 1. The number of hydrogen-bond acceptors (Lipinski definition) is 2. The zero-order valence-corrected chi connectivity index (χ0v) is 11.6. The highest BCUT2D eigenvalue weighted by Crippen LogP contribution is 2.46. The molecule has 1 nitrogen and oxygen atoms in total. The first-order valence-corrected chi connectivity index (χ1v) is 7.38. The summed E-state index contributed by atoms with van der Waals surface area (Å²) in [6, 6.07) is 4.30. The summed E-state index contributed by atoms with van der Waals surface area (Å²) in [7, 11) is 0. The summed E-state index contributed by atoms with van der Waals surface area (Å²) in [5.41, 5.74) is 2.57. The molecule has 0 amide bonds. The lowest BCUT2D eigenvalue weighted by molar-refractivity contribution is 0.632. The molecule has 15 heavy (non-hydrogen) atoms. The zero-order valence-electron chi connectivity index (χ0n) is 9.22. The molecular formula is C12H16BrNS. The molecule has 1 aliphatic carbocycles. The molecule has 0 radical (unpaired) electrons. The van der Waals surface area contributed by atoms with Crippen LogP contribution in [0.2, 0.25) is 0 Å². The van der Waals surface area contributed by atoms with E-state index < -0.39 is 0 Å². The number of rotatable bonds is 2. The molecule has 1 heterocycles. The molecule has 1 aromatic heterocycles. The van der Waals surface area contributed by atoms with Crippen molar-refractivity contribution in [1.29, 1.82) is 0 Å². The SMILES string of the molecule is CSc1ccc(C)c(C2(Br)CCCC2)n1. The maximum atomic E-state index is 4.76. The summed E-state index contributed by atoms with van der Waals surface area (Å²) >= 11 is 5.61. The molecule has 0 saturated heterocycles. The van der Waals surface area contributed by atoms with Crippen LogP contribution in [0.1, 0.15) is 36.9 Å². The second-order valence-electron chi connectivity index (χ2n) is 4.19. The Bertz CT molecular complexity index is 359. The molecule has 3 heteroatoms. The van der Waals surface area contributed by atoms with Crippen LogP contribution in [0.5, 0.6) is 0 Å². The van der Waals surface area contributed by atoms with Crippen molar-refractivity contribution < 1.29 is 0 Å². The summed E-state index contributed by atoms with van der Waals surface area (Å²) in [6.07, 6.45) is 7.15. The minimum atomic E-state index is 0.156. The van der Waals surface area contributed by atoms with Crippen molar-refractivity contribution in [3.05, 3.63) is 23.4 Å². The molecule has 0 N–H and O–H groups in total. The van der Waals surface area contributed by atoms with Gasteiger partial charge in [0.15, 0.2) is 0 Å². The predicted octanol–water partition coefficient (Wildman–Crippen LogP) is 4.28. The second-order valence-corrected chi connectivity index (χ2v) is 6.54. The van der Waals surface area contributed by atoms with Gasteiger partial charge in [0, 0.05) is 0 Å². The molecule has 0 aromatic carbocycles. The van der Waals surface area contributed by atoms with E-state index in [0.29, 0.717) is 0 Å². The normalized spacial score (nSPS) is 19.4. The maximum Gasteiger partial charge on any atom is 0.0961 e. The highest BCUT2D eigenvalue weighted by atomic mass is 79.9. The smallest absolute Gasteiger partial charge is 0.0961 e. The number of nitrogens with zero attached hydrogens (tertiary/aromatic N) is 1. The first-order valence-electron chi connectivity index (χ1n) is 5.37. The fraction of sp³-hybridized carbons (Fsp3) is 0.583. The zero-order chi connectivity index (χ0) is 10.9. The van der Waals surface area contributed by atoms with Gasteiger partial charge >= 0.3 is 0 Å². The van der Waals surface area contributed by atoms with Crippen LogP contribution in [0.3, 0.4) is 0 Å². The van der Waals surface area contributed by atoms with E-state index in [-0.39, 0.29) is 4.32 Å². The Morgan fingerprint density at radius 3 is 2.60 bits per heavy atom. The standard InChI is InChI=1S/C12H16BrNS/c1-9-5-6-10(15-2)14-11(9)12(13)7-3-4-8-12/h5-6H,3-4,7-8H2,1-2H3. The summed E-state index contributed by atoms with van der Waals surface area (Å²) in [5.74, 6) is 0. The number of aryl methyl sites for hydroxylation is 1. The maximum absolute atomic E-state index is 4.76. The van der Waals surface area contributed by atoms with E-state index in [2.05, 4.69) is 41.2 Å². The summed E-state index contributed by atoms with van der Waals surface area (Å²) < 4.78 is 0.156. The number of thioether (sulfide) groups is 1. The average molecular weight is 286 g/mol. The Morgan fingerprint density at radius 2 is 2.00 bits per heavy atom. The van der Waals surface area contributed by atoms with E-state index >= 15 is 0 Å². The third kappa shape index (κ3) is 2.23. The van der Waals surface area contributed by atoms with E-state index in [1.165, 1.54) is 36.9 Å². The Balaban J connectivity index is 2.41. The van der Waals surface area contributed by atoms with Crippen molar-refractivity contribution in [2.75, 3.05) is 6.26 Å². The van der Waals surface area contributed by atoms with Gasteiger partial charge in [-0.1, -0.05) is 34.8 Å². The summed E-state index contributed by atoms with van der Waals surface area (Å²) in [4.78, 5) is 4.76. The molecule has 0 bridgehead atoms. The fourth-order valence-corrected chi connectivity index (χ4v) is 3.60. The van der Waals surface area contributed by atoms with Gasteiger partial charge in [-0.3, -0.25) is 0 Å². The van der Waals surface area contributed by atoms with Gasteiger partial charge in [0.25, 0.3) is 0 Å². The van der Waals surface area contributed by atoms with E-state index in [0.717, 1.165) is 5.03 Å². The second kappa shape index (κ2) is 4.46. The van der Waals surface area contributed by atoms with Crippen LogP contribution in [0, 0.1) is 6.92 Å². The van der Waals surface area contributed by atoms with Gasteiger partial charge < -0.3 is 0 Å². The first kappa shape index (κ1) is 11.5. The monoisotopic (exact) mass is 285 g/mol. The van der Waals surface area contributed by atoms with Crippen molar-refractivity contribution in [2.45, 2.75) is 42.0 Å². The van der Waals surface area contributed by atoms with E-state index in [1.807, 2.05) is 0 Å². The third-order valence-corrected chi connectivity index (χ3v) is 4.92. The van der Waals surface area contributed by atoms with Gasteiger partial charge in [0.05, 0.1) is 15.0 Å². The minimum absolute atomic E-state index is 0.156. The van der Waals surface area contributed by atoms with Crippen molar-refractivity contribution in [3.8, 4) is 0 Å². The van der Waals surface area contributed by atoms with Crippen molar-refractivity contribution >= 4 is 27.7 Å². The van der Waals surface area contributed by atoms with Crippen LogP contribution < -0.4 is 0 Å². The first-order chi connectivity index (χ1) is 7.15. The molecule has 0 atom stereocenters. The Morgan fingerprint density at radius 1 is 1.33 bits per heavy atom. The Hall–Kier alpha value is -0.0200. The van der Waals surface area contributed by atoms with Crippen LogP contribution >= 0.6 is 27.7 Å². The number of alkyl halides is 1. The molecule has 1 aliphatic rings. The van der Waals surface area contributed by atoms with Crippen molar-refractivity contribution in [1.82, 2.24) is 4.98 Å². The summed E-state index contributed by atoms with van der Waals surface area (Å²) in [5, 5.41) is 1.13. The molecular weight excluding hydrogens is 270 g/mol. The predicted molar refractivity (Wildman–Crippen MR) is 69.8 cm³/mol. The van der Waals surface area contributed by atoms with Gasteiger partial charge in [-0.25, -0.2) is 4.98 Å². The number of aromatic nitrogens is 1. The van der Waals surface area contributed by atoms with E-state index in [1.54, 1.807) is 11.8 Å². The molecule has 0 unspecified atom stereocenters. The van der Waals surface area contributed by atoms with Crippen LogP contribution in [-0.4, -0.2) is 11.2 Å².